The van der Waals surface area contributed by atoms with Crippen LogP contribution >= 0.6 is 0 Å². The van der Waals surface area contributed by atoms with Gasteiger partial charge in [-0.25, -0.2) is 4.39 Å². The molecule has 0 radical (unpaired) electrons. The first-order chi connectivity index (χ1) is 7.18. The number of hydrogen-bond donors (Lipinski definition) is 1. The molecule has 0 bridgehead atoms. The lowest BCUT2D eigenvalue weighted by molar-refractivity contribution is -0.385. The predicted molar refractivity (Wildman–Crippen MR) is 53.1 cm³/mol. The third-order valence-corrected chi connectivity index (χ3v) is 2.65. The number of nitro benzene ring substituents is 1. The molecule has 0 spiro atoms. The molecule has 15 heavy (non-hydrogen) atoms. The largest absolute Gasteiger partial charge is 0.316 e. The van der Waals surface area contributed by atoms with Gasteiger partial charge in [-0.05, 0) is 31.5 Å². The zero-order chi connectivity index (χ0) is 10.8. The van der Waals surface area contributed by atoms with Crippen LogP contribution in [-0.2, 0) is 6.42 Å². The molecule has 80 valence electrons. The molecule has 1 saturated heterocycles. The quantitative estimate of drug-likeness (QED) is 0.607. The average Bonchev–Trinajstić information content (AvgIpc) is 2.12. The summed E-state index contributed by atoms with van der Waals surface area (Å²) < 4.78 is 13.4. The molecule has 0 saturated carbocycles. The van der Waals surface area contributed by atoms with Crippen molar-refractivity contribution in [2.24, 2.45) is 5.92 Å². The van der Waals surface area contributed by atoms with Crippen molar-refractivity contribution in [3.63, 3.8) is 0 Å². The predicted octanol–water partition coefficient (Wildman–Crippen LogP) is 1.50. The van der Waals surface area contributed by atoms with E-state index >= 15 is 0 Å². The maximum absolute atomic E-state index is 13.4. The Hall–Kier alpha value is -1.49. The van der Waals surface area contributed by atoms with Crippen LogP contribution in [0.5, 0.6) is 0 Å². The van der Waals surface area contributed by atoms with Gasteiger partial charge in [-0.1, -0.05) is 6.07 Å². The Bertz CT molecular complexity index is 391. The highest BCUT2D eigenvalue weighted by molar-refractivity contribution is 5.41. The Morgan fingerprint density at radius 3 is 2.80 bits per heavy atom. The Balaban J connectivity index is 2.29. The van der Waals surface area contributed by atoms with Crippen LogP contribution < -0.4 is 5.32 Å². The molecular weight excluding hydrogens is 199 g/mol. The van der Waals surface area contributed by atoms with Crippen molar-refractivity contribution < 1.29 is 9.31 Å². The average molecular weight is 210 g/mol. The van der Waals surface area contributed by atoms with Crippen LogP contribution in [0, 0.1) is 21.8 Å². The van der Waals surface area contributed by atoms with E-state index in [1.807, 2.05) is 0 Å². The minimum Gasteiger partial charge on any atom is -0.316 e. The molecule has 0 unspecified atom stereocenters. The smallest absolute Gasteiger partial charge is 0.275 e. The molecule has 1 aromatic rings. The summed E-state index contributed by atoms with van der Waals surface area (Å²) >= 11 is 0. The Morgan fingerprint density at radius 1 is 1.53 bits per heavy atom. The third kappa shape index (κ3) is 1.97. The number of nitrogens with one attached hydrogen (secondary N) is 1. The normalized spacial score (nSPS) is 16.1. The highest BCUT2D eigenvalue weighted by Crippen LogP contribution is 2.25. The first-order valence-electron chi connectivity index (χ1n) is 4.81. The summed E-state index contributed by atoms with van der Waals surface area (Å²) in [6.07, 6.45) is 0.440. The summed E-state index contributed by atoms with van der Waals surface area (Å²) in [7, 11) is 0. The zero-order valence-electron chi connectivity index (χ0n) is 8.07. The van der Waals surface area contributed by atoms with Crippen LogP contribution in [0.2, 0.25) is 0 Å². The molecule has 0 aromatic heterocycles. The second-order valence-corrected chi connectivity index (χ2v) is 3.72. The number of nitrogens with zero attached hydrogens (tertiary/aromatic N) is 1. The number of benzene rings is 1. The molecule has 0 atom stereocenters. The van der Waals surface area contributed by atoms with Gasteiger partial charge in [0.1, 0.15) is 5.82 Å². The van der Waals surface area contributed by atoms with Crippen LogP contribution in [0.25, 0.3) is 0 Å². The van der Waals surface area contributed by atoms with Gasteiger partial charge in [0.2, 0.25) is 0 Å². The van der Waals surface area contributed by atoms with Crippen LogP contribution in [0.4, 0.5) is 10.1 Å². The van der Waals surface area contributed by atoms with Crippen molar-refractivity contribution in [3.8, 4) is 0 Å². The first-order valence-corrected chi connectivity index (χ1v) is 4.81. The molecule has 4 nitrogen and oxygen atoms in total. The van der Waals surface area contributed by atoms with Gasteiger partial charge in [0.15, 0.2) is 0 Å². The van der Waals surface area contributed by atoms with Crippen molar-refractivity contribution in [1.82, 2.24) is 5.32 Å². The lowest BCUT2D eigenvalue weighted by Gasteiger charge is -2.26. The summed E-state index contributed by atoms with van der Waals surface area (Å²) in [6, 6.07) is 3.99. The standard InChI is InChI=1S/C10H11FN2O2/c11-9-2-1-3-10(13(14)15)8(9)4-7-5-12-6-7/h1-3,7,12H,4-6H2. The monoisotopic (exact) mass is 210 g/mol. The molecule has 1 N–H and O–H groups in total. The van der Waals surface area contributed by atoms with E-state index < -0.39 is 10.7 Å². The molecule has 1 fully saturated rings. The van der Waals surface area contributed by atoms with Crippen LogP contribution in [0.3, 0.4) is 0 Å². The maximum Gasteiger partial charge on any atom is 0.275 e. The van der Waals surface area contributed by atoms with E-state index in [0.717, 1.165) is 13.1 Å². The van der Waals surface area contributed by atoms with Crippen LogP contribution in [0.15, 0.2) is 18.2 Å². The molecule has 1 aliphatic heterocycles. The molecule has 1 aromatic carbocycles. The SMILES string of the molecule is O=[N+]([O-])c1cccc(F)c1CC1CNC1. The van der Waals surface area contributed by atoms with Gasteiger partial charge in [-0.3, -0.25) is 10.1 Å². The molecular formula is C10H11FN2O2. The van der Waals surface area contributed by atoms with Gasteiger partial charge >= 0.3 is 0 Å². The molecule has 0 aliphatic carbocycles. The Morgan fingerprint density at radius 2 is 2.27 bits per heavy atom. The van der Waals surface area contributed by atoms with Crippen molar-refractivity contribution in [2.45, 2.75) is 6.42 Å². The van der Waals surface area contributed by atoms with E-state index in [9.17, 15) is 14.5 Å². The Kier molecular flexibility index (Phi) is 2.64. The molecule has 1 heterocycles. The van der Waals surface area contributed by atoms with Gasteiger partial charge in [0.05, 0.1) is 10.5 Å². The molecule has 1 aliphatic rings. The molecule has 2 rings (SSSR count). The number of nitro groups is 1. The number of halogens is 1. The van der Waals surface area contributed by atoms with Crippen molar-refractivity contribution in [2.75, 3.05) is 13.1 Å². The van der Waals surface area contributed by atoms with Crippen LogP contribution in [-0.4, -0.2) is 18.0 Å². The topological polar surface area (TPSA) is 55.2 Å². The lowest BCUT2D eigenvalue weighted by Crippen LogP contribution is -2.43. The highest BCUT2D eigenvalue weighted by atomic mass is 19.1. The minimum atomic E-state index is -0.523. The number of rotatable bonds is 3. The van der Waals surface area contributed by atoms with Gasteiger partial charge in [-0.15, -0.1) is 0 Å². The summed E-state index contributed by atoms with van der Waals surface area (Å²) in [5.74, 6) is -0.156. The first kappa shape index (κ1) is 10.0. The summed E-state index contributed by atoms with van der Waals surface area (Å²) in [5, 5.41) is 13.7. The number of hydrogen-bond acceptors (Lipinski definition) is 3. The van der Waals surface area contributed by atoms with Crippen molar-refractivity contribution in [3.05, 3.63) is 39.7 Å². The second-order valence-electron chi connectivity index (χ2n) is 3.72. The maximum atomic E-state index is 13.4. The van der Waals surface area contributed by atoms with Crippen molar-refractivity contribution in [1.29, 1.82) is 0 Å². The van der Waals surface area contributed by atoms with E-state index in [1.165, 1.54) is 18.2 Å². The second kappa shape index (κ2) is 3.94. The lowest BCUT2D eigenvalue weighted by atomic mass is 9.93. The fourth-order valence-electron chi connectivity index (χ4n) is 1.70. The summed E-state index contributed by atoms with van der Waals surface area (Å²) in [4.78, 5) is 10.2. The van der Waals surface area contributed by atoms with Gasteiger partial charge < -0.3 is 5.32 Å². The van der Waals surface area contributed by atoms with Crippen LogP contribution in [0.1, 0.15) is 5.56 Å². The van der Waals surface area contributed by atoms with E-state index in [0.29, 0.717) is 12.3 Å². The van der Waals surface area contributed by atoms with Gasteiger partial charge in [0.25, 0.3) is 5.69 Å². The Labute approximate surface area is 86.3 Å². The van der Waals surface area contributed by atoms with E-state index in [2.05, 4.69) is 5.32 Å². The highest BCUT2D eigenvalue weighted by Gasteiger charge is 2.24. The fraction of sp³-hybridized carbons (Fsp3) is 0.400. The van der Waals surface area contributed by atoms with E-state index in [4.69, 9.17) is 0 Å². The van der Waals surface area contributed by atoms with Gasteiger partial charge in [-0.2, -0.15) is 0 Å². The zero-order valence-corrected chi connectivity index (χ0v) is 8.07. The summed E-state index contributed by atoms with van der Waals surface area (Å²) in [5.41, 5.74) is 0.121. The van der Waals surface area contributed by atoms with Crippen molar-refractivity contribution >= 4 is 5.69 Å². The molecule has 5 heteroatoms. The fourth-order valence-corrected chi connectivity index (χ4v) is 1.70. The third-order valence-electron chi connectivity index (χ3n) is 2.65. The minimum absolute atomic E-state index is 0.109. The summed E-state index contributed by atoms with van der Waals surface area (Å²) in [6.45, 7) is 1.62. The van der Waals surface area contributed by atoms with Gasteiger partial charge in [0, 0.05) is 6.07 Å². The molecule has 0 amide bonds. The van der Waals surface area contributed by atoms with E-state index in [1.54, 1.807) is 0 Å². The van der Waals surface area contributed by atoms with E-state index in [-0.39, 0.29) is 11.3 Å².